The number of ether oxygens (including phenoxy) is 1. The minimum atomic E-state index is -0.879. The second-order valence-corrected chi connectivity index (χ2v) is 7.23. The molecule has 2 aromatic rings. The van der Waals surface area contributed by atoms with Gasteiger partial charge in [-0.2, -0.15) is 4.98 Å². The zero-order valence-corrected chi connectivity index (χ0v) is 16.9. The van der Waals surface area contributed by atoms with Crippen LogP contribution in [0.3, 0.4) is 0 Å². The molecule has 2 amide bonds. The van der Waals surface area contributed by atoms with Crippen molar-refractivity contribution in [3.05, 3.63) is 30.1 Å². The number of aromatic nitrogens is 3. The minimum Gasteiger partial charge on any atom is -0.497 e. The molecule has 9 nitrogen and oxygen atoms in total. The number of carbonyl (C=O) groups excluding carboxylic acids is 2. The summed E-state index contributed by atoms with van der Waals surface area (Å²) in [5.41, 5.74) is 5.33. The van der Waals surface area contributed by atoms with Crippen molar-refractivity contribution in [2.75, 3.05) is 24.7 Å². The van der Waals surface area contributed by atoms with Gasteiger partial charge in [-0.1, -0.05) is 19.3 Å². The van der Waals surface area contributed by atoms with E-state index in [1.165, 1.54) is 0 Å². The van der Waals surface area contributed by atoms with Gasteiger partial charge < -0.3 is 20.7 Å². The summed E-state index contributed by atoms with van der Waals surface area (Å²) in [4.78, 5) is 32.2. The minimum absolute atomic E-state index is 0.0234. The molecule has 1 aliphatic carbocycles. The Labute approximate surface area is 170 Å². The van der Waals surface area contributed by atoms with Crippen molar-refractivity contribution in [3.63, 3.8) is 0 Å². The Morgan fingerprint density at radius 2 is 1.93 bits per heavy atom. The molecule has 0 radical (unpaired) electrons. The van der Waals surface area contributed by atoms with E-state index in [1.807, 2.05) is 6.92 Å². The van der Waals surface area contributed by atoms with Gasteiger partial charge in [-0.05, 0) is 44.0 Å². The second-order valence-electron chi connectivity index (χ2n) is 7.23. The van der Waals surface area contributed by atoms with Gasteiger partial charge in [-0.3, -0.25) is 14.7 Å². The van der Waals surface area contributed by atoms with Crippen molar-refractivity contribution < 1.29 is 14.3 Å². The third-order valence-corrected chi connectivity index (χ3v) is 5.45. The highest BCUT2D eigenvalue weighted by Crippen LogP contribution is 2.35. The van der Waals surface area contributed by atoms with Crippen LogP contribution in [0.25, 0.3) is 0 Å². The van der Waals surface area contributed by atoms with Crippen LogP contribution < -0.4 is 15.8 Å². The van der Waals surface area contributed by atoms with E-state index in [0.717, 1.165) is 19.3 Å². The molecule has 29 heavy (non-hydrogen) atoms. The summed E-state index contributed by atoms with van der Waals surface area (Å²) < 4.78 is 5.17. The molecule has 1 saturated carbocycles. The number of nitrogen functional groups attached to an aromatic ring is 1. The van der Waals surface area contributed by atoms with E-state index in [2.05, 4.69) is 20.5 Å². The summed E-state index contributed by atoms with van der Waals surface area (Å²) in [6.07, 6.45) is 4.14. The average Bonchev–Trinajstić information content (AvgIpc) is 3.14. The molecule has 156 valence electrons. The van der Waals surface area contributed by atoms with Gasteiger partial charge in [0, 0.05) is 12.2 Å². The van der Waals surface area contributed by atoms with Crippen LogP contribution >= 0.6 is 0 Å². The van der Waals surface area contributed by atoms with Crippen molar-refractivity contribution >= 4 is 23.5 Å². The fraction of sp³-hybridized carbons (Fsp3) is 0.500. The van der Waals surface area contributed by atoms with Gasteiger partial charge >= 0.3 is 0 Å². The monoisotopic (exact) mass is 400 g/mol. The van der Waals surface area contributed by atoms with Crippen LogP contribution in [-0.2, 0) is 16.0 Å². The summed E-state index contributed by atoms with van der Waals surface area (Å²) in [5, 5.41) is 9.43. The summed E-state index contributed by atoms with van der Waals surface area (Å²) in [6, 6.07) is 7.17. The smallest absolute Gasteiger partial charge is 0.250 e. The zero-order valence-electron chi connectivity index (χ0n) is 16.9. The fourth-order valence-electron chi connectivity index (χ4n) is 4.02. The number of amides is 2. The lowest BCUT2D eigenvalue weighted by Gasteiger charge is -2.44. The number of methoxy groups -OCH3 is 1. The summed E-state index contributed by atoms with van der Waals surface area (Å²) in [5.74, 6) is 0.880. The number of nitrogens with zero attached hydrogens (tertiary/aromatic N) is 3. The van der Waals surface area contributed by atoms with E-state index in [0.29, 0.717) is 36.6 Å². The first-order chi connectivity index (χ1) is 14.0. The van der Waals surface area contributed by atoms with Gasteiger partial charge in [-0.15, -0.1) is 5.10 Å². The third-order valence-electron chi connectivity index (χ3n) is 5.45. The molecule has 0 saturated heterocycles. The van der Waals surface area contributed by atoms with Crippen LogP contribution in [0.15, 0.2) is 24.3 Å². The lowest BCUT2D eigenvalue weighted by Crippen LogP contribution is -2.60. The van der Waals surface area contributed by atoms with Crippen LogP contribution in [0, 0.1) is 0 Å². The molecular formula is C20H28N6O3. The molecule has 0 atom stereocenters. The van der Waals surface area contributed by atoms with Crippen LogP contribution in [0.5, 0.6) is 5.75 Å². The van der Waals surface area contributed by atoms with E-state index in [4.69, 9.17) is 10.5 Å². The maximum absolute atomic E-state index is 13.4. The highest BCUT2D eigenvalue weighted by Gasteiger charge is 2.46. The second kappa shape index (κ2) is 8.93. The third kappa shape index (κ3) is 4.49. The van der Waals surface area contributed by atoms with E-state index < -0.39 is 5.54 Å². The lowest BCUT2D eigenvalue weighted by molar-refractivity contribution is -0.147. The van der Waals surface area contributed by atoms with Gasteiger partial charge in [0.05, 0.1) is 13.5 Å². The predicted molar refractivity (Wildman–Crippen MR) is 109 cm³/mol. The Kier molecular flexibility index (Phi) is 6.36. The van der Waals surface area contributed by atoms with Crippen LogP contribution in [-0.4, -0.2) is 51.1 Å². The molecular weight excluding hydrogens is 372 g/mol. The highest BCUT2D eigenvalue weighted by atomic mass is 16.5. The molecule has 1 aliphatic rings. The molecule has 0 spiro atoms. The number of carbonyl (C=O) groups is 2. The molecule has 1 aromatic heterocycles. The molecule has 3 rings (SSSR count). The fourth-order valence-corrected chi connectivity index (χ4v) is 4.02. The molecule has 1 fully saturated rings. The molecule has 4 N–H and O–H groups in total. The van der Waals surface area contributed by atoms with Gasteiger partial charge in [0.15, 0.2) is 0 Å². The van der Waals surface area contributed by atoms with Crippen LogP contribution in [0.4, 0.5) is 11.6 Å². The number of H-pyrrole nitrogens is 1. The molecule has 0 unspecified atom stereocenters. The normalized spacial score (nSPS) is 15.5. The maximum atomic E-state index is 13.4. The van der Waals surface area contributed by atoms with E-state index in [1.54, 1.807) is 36.3 Å². The average molecular weight is 400 g/mol. The number of rotatable bonds is 7. The number of nitrogens with one attached hydrogen (secondary N) is 2. The lowest BCUT2D eigenvalue weighted by atomic mass is 9.79. The standard InChI is InChI=1S/C20H28N6O3/c1-3-26(17(27)13-16-23-19(21)25-24-16)20(11-5-4-6-12-20)18(28)22-14-7-9-15(29-2)10-8-14/h7-10H,3-6,11-13H2,1-2H3,(H,22,28)(H3,21,23,24,25). The Morgan fingerprint density at radius 1 is 1.24 bits per heavy atom. The van der Waals surface area contributed by atoms with Crippen molar-refractivity contribution in [3.8, 4) is 5.75 Å². The number of nitrogens with two attached hydrogens (primary N) is 1. The van der Waals surface area contributed by atoms with E-state index in [-0.39, 0.29) is 24.2 Å². The number of aromatic amines is 1. The number of hydrogen-bond donors (Lipinski definition) is 3. The highest BCUT2D eigenvalue weighted by molar-refractivity contribution is 6.00. The number of likely N-dealkylation sites (N-methyl/N-ethyl adjacent to an activating group) is 1. The molecule has 1 heterocycles. The van der Waals surface area contributed by atoms with Crippen molar-refractivity contribution in [2.45, 2.75) is 51.0 Å². The van der Waals surface area contributed by atoms with Crippen molar-refractivity contribution in [1.29, 1.82) is 0 Å². The predicted octanol–water partition coefficient (Wildman–Crippen LogP) is 2.13. The molecule has 1 aromatic carbocycles. The van der Waals surface area contributed by atoms with Crippen molar-refractivity contribution in [2.24, 2.45) is 0 Å². The molecule has 9 heteroatoms. The topological polar surface area (TPSA) is 126 Å². The first kappa shape index (κ1) is 20.6. The Bertz CT molecular complexity index is 842. The Hall–Kier alpha value is -3.10. The van der Waals surface area contributed by atoms with Crippen LogP contribution in [0.2, 0.25) is 0 Å². The largest absolute Gasteiger partial charge is 0.497 e. The first-order valence-corrected chi connectivity index (χ1v) is 9.91. The summed E-state index contributed by atoms with van der Waals surface area (Å²) in [6.45, 7) is 2.32. The maximum Gasteiger partial charge on any atom is 0.250 e. The van der Waals surface area contributed by atoms with Gasteiger partial charge in [0.25, 0.3) is 0 Å². The quantitative estimate of drug-likeness (QED) is 0.653. The van der Waals surface area contributed by atoms with Gasteiger partial charge in [0.1, 0.15) is 17.1 Å². The molecule has 0 bridgehead atoms. The first-order valence-electron chi connectivity index (χ1n) is 9.91. The molecule has 0 aliphatic heterocycles. The zero-order chi connectivity index (χ0) is 20.9. The number of anilines is 2. The van der Waals surface area contributed by atoms with Crippen molar-refractivity contribution in [1.82, 2.24) is 20.1 Å². The van der Waals surface area contributed by atoms with Crippen LogP contribution in [0.1, 0.15) is 44.9 Å². The Balaban J connectivity index is 1.82. The summed E-state index contributed by atoms with van der Waals surface area (Å²) in [7, 11) is 1.59. The van der Waals surface area contributed by atoms with E-state index in [9.17, 15) is 9.59 Å². The SMILES string of the molecule is CCN(C(=O)Cc1nc(N)n[nH]1)C1(C(=O)Nc2ccc(OC)cc2)CCCCC1. The van der Waals surface area contributed by atoms with Gasteiger partial charge in [-0.25, -0.2) is 0 Å². The Morgan fingerprint density at radius 3 is 2.48 bits per heavy atom. The number of benzene rings is 1. The summed E-state index contributed by atoms with van der Waals surface area (Å²) >= 11 is 0. The number of hydrogen-bond acceptors (Lipinski definition) is 6. The van der Waals surface area contributed by atoms with E-state index >= 15 is 0 Å². The van der Waals surface area contributed by atoms with Gasteiger partial charge in [0.2, 0.25) is 17.8 Å².